The second-order valence-electron chi connectivity index (χ2n) is 5.23. The number of rotatable bonds is 7. The molecule has 140 valence electrons. The zero-order valence-electron chi connectivity index (χ0n) is 15.2. The largest absolute Gasteiger partial charge is 1.00 e. The van der Waals surface area contributed by atoms with Gasteiger partial charge >= 0.3 is 41.7 Å². The van der Waals surface area contributed by atoms with E-state index in [1.54, 1.807) is 24.3 Å². The van der Waals surface area contributed by atoms with E-state index >= 15 is 0 Å². The SMILES string of the molecule is O=C([O-])CNC(=O)Nc1ccc(C=NNC(=O)OCc2ccccc2)cc1.[Na+]. The third kappa shape index (κ3) is 9.17. The smallest absolute Gasteiger partial charge is 0.548 e. The van der Waals surface area contributed by atoms with Crippen LogP contribution in [-0.2, 0) is 16.1 Å². The normalized spacial score (nSPS) is 9.86. The van der Waals surface area contributed by atoms with Gasteiger partial charge in [0.15, 0.2) is 0 Å². The van der Waals surface area contributed by atoms with Crippen molar-refractivity contribution in [2.24, 2.45) is 5.10 Å². The molecule has 0 spiro atoms. The summed E-state index contributed by atoms with van der Waals surface area (Å²) in [7, 11) is 0. The molecule has 0 aliphatic carbocycles. The van der Waals surface area contributed by atoms with Crippen LogP contribution in [0.3, 0.4) is 0 Å². The van der Waals surface area contributed by atoms with Crippen LogP contribution in [-0.4, -0.2) is 30.9 Å². The van der Waals surface area contributed by atoms with Gasteiger partial charge in [-0.2, -0.15) is 5.10 Å². The maximum atomic E-state index is 11.5. The van der Waals surface area contributed by atoms with Crippen molar-refractivity contribution in [3.8, 4) is 0 Å². The minimum absolute atomic E-state index is 0. The fourth-order valence-corrected chi connectivity index (χ4v) is 1.90. The molecule has 0 unspecified atom stereocenters. The Balaban J connectivity index is 0.00000392. The van der Waals surface area contributed by atoms with Crippen LogP contribution >= 0.6 is 0 Å². The first-order valence-corrected chi connectivity index (χ1v) is 7.87. The van der Waals surface area contributed by atoms with E-state index in [0.29, 0.717) is 11.3 Å². The van der Waals surface area contributed by atoms with Gasteiger partial charge in [-0.15, -0.1) is 0 Å². The molecule has 0 aromatic heterocycles. The zero-order chi connectivity index (χ0) is 19.5. The standard InChI is InChI=1S/C18H18N4O5.Na/c23-16(24)11-19-17(25)21-15-8-6-13(7-9-15)10-20-22-18(26)27-12-14-4-2-1-3-5-14;/h1-10H,11-12H2,(H,22,26)(H,23,24)(H2,19,21,25);/q;+1/p-1. The topological polar surface area (TPSA) is 132 Å². The Bertz CT molecular complexity index is 812. The van der Waals surface area contributed by atoms with E-state index in [4.69, 9.17) is 4.74 Å². The van der Waals surface area contributed by atoms with Crippen LogP contribution in [0.5, 0.6) is 0 Å². The number of carbonyl (C=O) groups excluding carboxylic acids is 3. The Kier molecular flexibility index (Phi) is 10.3. The molecule has 0 radical (unpaired) electrons. The number of carboxylic acid groups (broad SMARTS) is 1. The van der Waals surface area contributed by atoms with Crippen molar-refractivity contribution < 1.29 is 53.8 Å². The van der Waals surface area contributed by atoms with E-state index in [2.05, 4.69) is 21.2 Å². The summed E-state index contributed by atoms with van der Waals surface area (Å²) in [6, 6.07) is 15.1. The van der Waals surface area contributed by atoms with Gasteiger partial charge in [-0.1, -0.05) is 42.5 Å². The zero-order valence-corrected chi connectivity index (χ0v) is 17.2. The van der Waals surface area contributed by atoms with Gasteiger partial charge in [-0.05, 0) is 23.3 Å². The van der Waals surface area contributed by atoms with Gasteiger partial charge in [-0.3, -0.25) is 0 Å². The summed E-state index contributed by atoms with van der Waals surface area (Å²) < 4.78 is 5.00. The number of ether oxygens (including phenoxy) is 1. The van der Waals surface area contributed by atoms with Crippen LogP contribution in [0, 0.1) is 0 Å². The van der Waals surface area contributed by atoms with E-state index in [9.17, 15) is 19.5 Å². The fraction of sp³-hybridized carbons (Fsp3) is 0.111. The Labute approximate surface area is 183 Å². The summed E-state index contributed by atoms with van der Waals surface area (Å²) in [6.07, 6.45) is 0.724. The molecular weight excluding hydrogens is 375 g/mol. The molecule has 10 heteroatoms. The van der Waals surface area contributed by atoms with Crippen LogP contribution in [0.4, 0.5) is 15.3 Å². The molecule has 0 saturated heterocycles. The molecule has 0 bridgehead atoms. The number of nitrogens with zero attached hydrogens (tertiary/aromatic N) is 1. The quantitative estimate of drug-likeness (QED) is 0.280. The van der Waals surface area contributed by atoms with E-state index in [1.807, 2.05) is 30.3 Å². The average molecular weight is 392 g/mol. The van der Waals surface area contributed by atoms with Crippen molar-refractivity contribution in [1.29, 1.82) is 0 Å². The molecule has 0 heterocycles. The first-order valence-electron chi connectivity index (χ1n) is 7.87. The summed E-state index contributed by atoms with van der Waals surface area (Å²) in [5.74, 6) is -1.38. The number of urea groups is 1. The predicted molar refractivity (Wildman–Crippen MR) is 95.8 cm³/mol. The van der Waals surface area contributed by atoms with Crippen molar-refractivity contribution in [2.45, 2.75) is 6.61 Å². The molecule has 3 amide bonds. The number of carbonyl (C=O) groups is 3. The Morgan fingerprint density at radius 3 is 2.36 bits per heavy atom. The first-order chi connectivity index (χ1) is 13.0. The second-order valence-corrected chi connectivity index (χ2v) is 5.23. The van der Waals surface area contributed by atoms with Crippen LogP contribution in [0.15, 0.2) is 59.7 Å². The third-order valence-corrected chi connectivity index (χ3v) is 3.14. The van der Waals surface area contributed by atoms with Crippen molar-refractivity contribution in [1.82, 2.24) is 10.7 Å². The molecule has 9 nitrogen and oxygen atoms in total. The molecule has 2 aromatic carbocycles. The number of anilines is 1. The van der Waals surface area contributed by atoms with Gasteiger partial charge in [0.1, 0.15) is 6.61 Å². The van der Waals surface area contributed by atoms with E-state index in [-0.39, 0.29) is 36.2 Å². The number of hydrazone groups is 1. The molecule has 2 aromatic rings. The summed E-state index contributed by atoms with van der Waals surface area (Å²) in [4.78, 5) is 33.2. The van der Waals surface area contributed by atoms with Crippen molar-refractivity contribution in [2.75, 3.05) is 11.9 Å². The fourth-order valence-electron chi connectivity index (χ4n) is 1.90. The van der Waals surface area contributed by atoms with Gasteiger partial charge in [0, 0.05) is 5.69 Å². The van der Waals surface area contributed by atoms with Gasteiger partial charge in [0.2, 0.25) is 0 Å². The maximum absolute atomic E-state index is 11.5. The Morgan fingerprint density at radius 1 is 1.04 bits per heavy atom. The van der Waals surface area contributed by atoms with Gasteiger partial charge in [0.25, 0.3) is 0 Å². The first kappa shape index (κ1) is 23.2. The minimum atomic E-state index is -1.38. The predicted octanol–water partition coefficient (Wildman–Crippen LogP) is -2.18. The van der Waals surface area contributed by atoms with Crippen LogP contribution in [0.1, 0.15) is 11.1 Å². The summed E-state index contributed by atoms with van der Waals surface area (Å²) in [5.41, 5.74) is 4.23. The molecule has 0 saturated carbocycles. The van der Waals surface area contributed by atoms with Crippen LogP contribution in [0.2, 0.25) is 0 Å². The number of nitrogens with one attached hydrogen (secondary N) is 3. The van der Waals surface area contributed by atoms with Crippen molar-refractivity contribution in [3.63, 3.8) is 0 Å². The molecule has 0 atom stereocenters. The van der Waals surface area contributed by atoms with E-state index in [0.717, 1.165) is 5.56 Å². The molecule has 2 rings (SSSR count). The van der Waals surface area contributed by atoms with Crippen LogP contribution < -0.4 is 50.7 Å². The number of benzene rings is 2. The second kappa shape index (κ2) is 12.5. The number of carboxylic acids is 1. The summed E-state index contributed by atoms with van der Waals surface area (Å²) in [6.45, 7) is -0.439. The number of amides is 3. The number of hydrogen-bond acceptors (Lipinski definition) is 6. The minimum Gasteiger partial charge on any atom is -0.548 e. The molecule has 0 fully saturated rings. The van der Waals surface area contributed by atoms with E-state index in [1.165, 1.54) is 6.21 Å². The van der Waals surface area contributed by atoms with Gasteiger partial charge in [0.05, 0.1) is 18.7 Å². The van der Waals surface area contributed by atoms with Crippen LogP contribution in [0.25, 0.3) is 0 Å². The monoisotopic (exact) mass is 392 g/mol. The molecule has 0 aliphatic rings. The summed E-state index contributed by atoms with van der Waals surface area (Å²) >= 11 is 0. The Hall–Kier alpha value is -2.88. The van der Waals surface area contributed by atoms with Crippen molar-refractivity contribution in [3.05, 3.63) is 65.7 Å². The molecule has 28 heavy (non-hydrogen) atoms. The summed E-state index contributed by atoms with van der Waals surface area (Å²) in [5, 5.41) is 18.6. The van der Waals surface area contributed by atoms with E-state index < -0.39 is 24.6 Å². The molecular formula is C18H17N4NaO5. The van der Waals surface area contributed by atoms with Gasteiger partial charge in [-0.25, -0.2) is 15.0 Å². The third-order valence-electron chi connectivity index (χ3n) is 3.14. The number of hydrogen-bond donors (Lipinski definition) is 3. The average Bonchev–Trinajstić information content (AvgIpc) is 2.67. The molecule has 3 N–H and O–H groups in total. The van der Waals surface area contributed by atoms with Gasteiger partial charge < -0.3 is 25.3 Å². The number of aliphatic carboxylic acids is 1. The Morgan fingerprint density at radius 2 is 1.71 bits per heavy atom. The maximum Gasteiger partial charge on any atom is 1.00 e. The van der Waals surface area contributed by atoms with Crippen molar-refractivity contribution >= 4 is 30.0 Å². The molecule has 0 aliphatic heterocycles.